The van der Waals surface area contributed by atoms with Crippen LogP contribution in [0.1, 0.15) is 5.69 Å². The van der Waals surface area contributed by atoms with E-state index in [9.17, 15) is 23.6 Å². The number of pyridine rings is 1. The normalized spacial score (nSPS) is 11.7. The van der Waals surface area contributed by atoms with Gasteiger partial charge >= 0.3 is 0 Å². The van der Waals surface area contributed by atoms with Crippen LogP contribution in [0.2, 0.25) is 0 Å². The third kappa shape index (κ3) is 2.45. The van der Waals surface area contributed by atoms with Crippen molar-refractivity contribution in [3.05, 3.63) is 64.5 Å². The van der Waals surface area contributed by atoms with Crippen LogP contribution in [-0.2, 0) is 16.6 Å². The van der Waals surface area contributed by atoms with E-state index in [1.165, 1.54) is 24.3 Å². The van der Waals surface area contributed by atoms with E-state index in [4.69, 9.17) is 0 Å². The lowest BCUT2D eigenvalue weighted by molar-refractivity contribution is -0.385. The second-order valence-electron chi connectivity index (χ2n) is 4.74. The first kappa shape index (κ1) is 15.1. The molecular weight excluding hydrogens is 322 g/mol. The number of nitro groups is 1. The van der Waals surface area contributed by atoms with Crippen molar-refractivity contribution in [3.8, 4) is 0 Å². The number of aromatic nitrogens is 2. The van der Waals surface area contributed by atoms with E-state index in [1.54, 1.807) is 18.2 Å². The lowest BCUT2D eigenvalue weighted by Gasteiger charge is -2.09. The highest BCUT2D eigenvalue weighted by molar-refractivity contribution is 7.90. The van der Waals surface area contributed by atoms with Crippen LogP contribution in [-0.4, -0.2) is 27.4 Å². The third-order valence-electron chi connectivity index (χ3n) is 3.31. The quantitative estimate of drug-likeness (QED) is 0.573. The Labute approximate surface area is 130 Å². The maximum atomic E-state index is 12.8. The molecule has 8 nitrogen and oxygen atoms in total. The minimum absolute atomic E-state index is 0.0310. The molecule has 0 spiro atoms. The largest absolute Gasteiger partial charge is 0.390 e. The van der Waals surface area contributed by atoms with Gasteiger partial charge < -0.3 is 5.11 Å². The van der Waals surface area contributed by atoms with E-state index in [2.05, 4.69) is 4.98 Å². The first-order chi connectivity index (χ1) is 10.9. The van der Waals surface area contributed by atoms with Crippen molar-refractivity contribution in [1.82, 2.24) is 8.96 Å². The van der Waals surface area contributed by atoms with Gasteiger partial charge in [-0.2, -0.15) is 0 Å². The highest BCUT2D eigenvalue weighted by atomic mass is 32.2. The zero-order chi connectivity index (χ0) is 16.6. The molecule has 2 heterocycles. The van der Waals surface area contributed by atoms with Crippen LogP contribution in [0.4, 0.5) is 5.69 Å². The molecule has 0 saturated heterocycles. The fourth-order valence-corrected chi connectivity index (χ4v) is 3.80. The Hall–Kier alpha value is -2.78. The number of rotatable bonds is 4. The zero-order valence-corrected chi connectivity index (χ0v) is 12.5. The average Bonchev–Trinajstić information content (AvgIpc) is 2.93. The van der Waals surface area contributed by atoms with Gasteiger partial charge in [-0.3, -0.25) is 10.1 Å². The molecule has 0 amide bonds. The van der Waals surface area contributed by atoms with E-state index < -0.39 is 21.6 Å². The first-order valence-electron chi connectivity index (χ1n) is 6.51. The lowest BCUT2D eigenvalue weighted by atomic mass is 10.3. The fraction of sp³-hybridized carbons (Fsp3) is 0.0714. The van der Waals surface area contributed by atoms with Crippen molar-refractivity contribution in [3.63, 3.8) is 0 Å². The van der Waals surface area contributed by atoms with E-state index >= 15 is 0 Å². The van der Waals surface area contributed by atoms with Crippen LogP contribution < -0.4 is 0 Å². The summed E-state index contributed by atoms with van der Waals surface area (Å²) in [5.41, 5.74) is -0.142. The van der Waals surface area contributed by atoms with Gasteiger partial charge in [0, 0.05) is 11.5 Å². The summed E-state index contributed by atoms with van der Waals surface area (Å²) in [5.74, 6) is 0. The van der Waals surface area contributed by atoms with E-state index in [0.717, 1.165) is 10.2 Å². The van der Waals surface area contributed by atoms with Crippen molar-refractivity contribution >= 4 is 26.7 Å². The molecule has 0 aliphatic carbocycles. The lowest BCUT2D eigenvalue weighted by Crippen LogP contribution is -2.16. The van der Waals surface area contributed by atoms with Crippen LogP contribution in [0.15, 0.2) is 53.6 Å². The summed E-state index contributed by atoms with van der Waals surface area (Å²) >= 11 is 0. The summed E-state index contributed by atoms with van der Waals surface area (Å²) in [6, 6.07) is 10.3. The Morgan fingerprint density at radius 2 is 1.91 bits per heavy atom. The number of nitrogens with zero attached hydrogens (tertiary/aromatic N) is 3. The average molecular weight is 333 g/mol. The Bertz CT molecular complexity index is 996. The molecule has 0 fully saturated rings. The number of hydrogen-bond acceptors (Lipinski definition) is 6. The van der Waals surface area contributed by atoms with Crippen LogP contribution in [0.25, 0.3) is 11.0 Å². The van der Waals surface area contributed by atoms with E-state index in [0.29, 0.717) is 0 Å². The summed E-state index contributed by atoms with van der Waals surface area (Å²) in [5, 5.41) is 20.5. The number of aliphatic hydroxyl groups is 1. The van der Waals surface area contributed by atoms with Gasteiger partial charge in [0.25, 0.3) is 15.7 Å². The van der Waals surface area contributed by atoms with Gasteiger partial charge in [-0.15, -0.1) is 0 Å². The van der Waals surface area contributed by atoms with Crippen molar-refractivity contribution in [2.45, 2.75) is 11.5 Å². The Morgan fingerprint density at radius 1 is 1.22 bits per heavy atom. The topological polar surface area (TPSA) is 115 Å². The van der Waals surface area contributed by atoms with Crippen LogP contribution in [0, 0.1) is 10.1 Å². The summed E-state index contributed by atoms with van der Waals surface area (Å²) in [4.78, 5) is 14.1. The maximum Gasteiger partial charge on any atom is 0.288 e. The zero-order valence-electron chi connectivity index (χ0n) is 11.7. The molecule has 0 aliphatic rings. The monoisotopic (exact) mass is 333 g/mol. The van der Waals surface area contributed by atoms with Crippen molar-refractivity contribution in [2.75, 3.05) is 0 Å². The molecule has 0 radical (unpaired) electrons. The summed E-state index contributed by atoms with van der Waals surface area (Å²) < 4.78 is 26.5. The van der Waals surface area contributed by atoms with Gasteiger partial charge in [-0.05, 0) is 18.2 Å². The highest BCUT2D eigenvalue weighted by Gasteiger charge is 2.24. The van der Waals surface area contributed by atoms with E-state index in [1.807, 2.05) is 0 Å². The summed E-state index contributed by atoms with van der Waals surface area (Å²) in [7, 11) is -3.97. The summed E-state index contributed by atoms with van der Waals surface area (Å²) in [6.45, 7) is -0.545. The van der Waals surface area contributed by atoms with Gasteiger partial charge in [-0.25, -0.2) is 17.4 Å². The van der Waals surface area contributed by atoms with Gasteiger partial charge in [0.2, 0.25) is 0 Å². The minimum atomic E-state index is -3.97. The Balaban J connectivity index is 2.30. The molecule has 0 aliphatic heterocycles. The number of fused-ring (bicyclic) bond motifs is 1. The van der Waals surface area contributed by atoms with Crippen molar-refractivity contribution in [2.24, 2.45) is 0 Å². The Kier molecular flexibility index (Phi) is 3.58. The van der Waals surface area contributed by atoms with Gasteiger partial charge in [-0.1, -0.05) is 18.2 Å². The highest BCUT2D eigenvalue weighted by Crippen LogP contribution is 2.26. The smallest absolute Gasteiger partial charge is 0.288 e. The first-order valence-corrected chi connectivity index (χ1v) is 7.95. The maximum absolute atomic E-state index is 12.8. The SMILES string of the molecule is O=[N+]([O-])c1cnc2c(c1)cc(CO)n2S(=O)(=O)c1ccccc1. The minimum Gasteiger partial charge on any atom is -0.390 e. The molecule has 23 heavy (non-hydrogen) atoms. The molecule has 3 rings (SSSR count). The Morgan fingerprint density at radius 3 is 2.52 bits per heavy atom. The van der Waals surface area contributed by atoms with Gasteiger partial charge in [0.05, 0.1) is 22.1 Å². The predicted octanol–water partition coefficient (Wildman–Crippen LogP) is 1.67. The van der Waals surface area contributed by atoms with Crippen molar-refractivity contribution in [1.29, 1.82) is 0 Å². The van der Waals surface area contributed by atoms with Crippen LogP contribution in [0.3, 0.4) is 0 Å². The molecular formula is C14H11N3O5S. The molecule has 1 aromatic carbocycles. The third-order valence-corrected chi connectivity index (χ3v) is 5.07. The standard InChI is InChI=1S/C14H11N3O5S/c18-9-12-7-10-6-11(17(19)20)8-15-14(10)16(12)23(21,22)13-4-2-1-3-5-13/h1-8,18H,9H2. The van der Waals surface area contributed by atoms with Crippen LogP contribution in [0.5, 0.6) is 0 Å². The molecule has 9 heteroatoms. The number of aliphatic hydroxyl groups excluding tert-OH is 1. The second kappa shape index (κ2) is 5.45. The van der Waals surface area contributed by atoms with Crippen LogP contribution >= 0.6 is 0 Å². The van der Waals surface area contributed by atoms with Crippen molar-refractivity contribution < 1.29 is 18.4 Å². The summed E-state index contributed by atoms with van der Waals surface area (Å²) in [6.07, 6.45) is 0.987. The number of benzene rings is 1. The molecule has 0 atom stereocenters. The molecule has 0 saturated carbocycles. The van der Waals surface area contributed by atoms with E-state index in [-0.39, 0.29) is 27.3 Å². The molecule has 3 aromatic rings. The molecule has 1 N–H and O–H groups in total. The molecule has 0 unspecified atom stereocenters. The second-order valence-corrected chi connectivity index (χ2v) is 6.53. The number of hydrogen-bond donors (Lipinski definition) is 1. The molecule has 2 aromatic heterocycles. The fourth-order valence-electron chi connectivity index (χ4n) is 2.29. The van der Waals surface area contributed by atoms with Gasteiger partial charge in [0.1, 0.15) is 6.20 Å². The predicted molar refractivity (Wildman–Crippen MR) is 81.3 cm³/mol. The molecule has 0 bridgehead atoms. The molecule has 118 valence electrons. The van der Waals surface area contributed by atoms with Gasteiger partial charge in [0.15, 0.2) is 5.65 Å².